The minimum absolute atomic E-state index is 0.381. The van der Waals surface area contributed by atoms with Crippen molar-refractivity contribution in [3.63, 3.8) is 0 Å². The van der Waals surface area contributed by atoms with Crippen molar-refractivity contribution < 1.29 is 0 Å². The van der Waals surface area contributed by atoms with Crippen molar-refractivity contribution in [2.75, 3.05) is 32.7 Å². The molecule has 0 unspecified atom stereocenters. The van der Waals surface area contributed by atoms with E-state index in [0.29, 0.717) is 5.54 Å². The van der Waals surface area contributed by atoms with Gasteiger partial charge in [0, 0.05) is 38.3 Å². The summed E-state index contributed by atoms with van der Waals surface area (Å²) in [6.45, 7) is 13.9. The molecule has 0 bridgehead atoms. The average molecular weight is 222 g/mol. The van der Waals surface area contributed by atoms with Gasteiger partial charge in [0.25, 0.3) is 0 Å². The number of rotatable bonds is 2. The van der Waals surface area contributed by atoms with Crippen LogP contribution in [0.4, 0.5) is 0 Å². The molecule has 2 atom stereocenters. The van der Waals surface area contributed by atoms with Crippen LogP contribution in [0.1, 0.15) is 33.6 Å². The average Bonchev–Trinajstić information content (AvgIpc) is 2.70. The molecule has 0 aromatic carbocycles. The highest BCUT2D eigenvalue weighted by Gasteiger charge is 2.43. The Hall–Kier alpha value is -0.0800. The van der Waals surface area contributed by atoms with Crippen LogP contribution in [-0.4, -0.2) is 48.1 Å². The molecular formula is C14H26N2. The van der Waals surface area contributed by atoms with Gasteiger partial charge in [-0.25, -0.2) is 0 Å². The fraction of sp³-hybridized carbons (Fsp3) is 1.00. The van der Waals surface area contributed by atoms with Crippen LogP contribution in [0.5, 0.6) is 0 Å². The van der Waals surface area contributed by atoms with Gasteiger partial charge in [-0.3, -0.25) is 4.90 Å². The smallest absolute Gasteiger partial charge is 0.0125 e. The molecule has 0 N–H and O–H groups in total. The lowest BCUT2D eigenvalue weighted by atomic mass is 10.0. The quantitative estimate of drug-likeness (QED) is 0.705. The molecule has 2 nitrogen and oxygen atoms in total. The van der Waals surface area contributed by atoms with Crippen LogP contribution in [0.3, 0.4) is 0 Å². The summed E-state index contributed by atoms with van der Waals surface area (Å²) >= 11 is 0. The Morgan fingerprint density at radius 1 is 0.938 bits per heavy atom. The van der Waals surface area contributed by atoms with Crippen molar-refractivity contribution in [3.8, 4) is 0 Å². The second kappa shape index (κ2) is 3.71. The summed E-state index contributed by atoms with van der Waals surface area (Å²) in [5.74, 6) is 3.01. The van der Waals surface area contributed by atoms with Crippen LogP contribution in [-0.2, 0) is 0 Å². The van der Waals surface area contributed by atoms with Crippen molar-refractivity contribution in [1.82, 2.24) is 9.80 Å². The van der Waals surface area contributed by atoms with E-state index in [1.807, 2.05) is 0 Å². The third-order valence-electron chi connectivity index (χ3n) is 4.72. The predicted molar refractivity (Wildman–Crippen MR) is 67.5 cm³/mol. The van der Waals surface area contributed by atoms with Gasteiger partial charge in [0.1, 0.15) is 0 Å². The van der Waals surface area contributed by atoms with E-state index in [2.05, 4.69) is 30.6 Å². The van der Waals surface area contributed by atoms with Gasteiger partial charge in [-0.15, -0.1) is 0 Å². The monoisotopic (exact) mass is 222 g/mol. The maximum absolute atomic E-state index is 2.74. The first-order valence-corrected chi connectivity index (χ1v) is 7.00. The number of likely N-dealkylation sites (tertiary alicyclic amines) is 2. The minimum Gasteiger partial charge on any atom is -0.302 e. The van der Waals surface area contributed by atoms with Gasteiger partial charge in [-0.05, 0) is 51.4 Å². The molecule has 92 valence electrons. The second-order valence-electron chi connectivity index (χ2n) is 7.26. The lowest BCUT2D eigenvalue weighted by molar-refractivity contribution is 0.149. The van der Waals surface area contributed by atoms with Crippen LogP contribution >= 0.6 is 0 Å². The molecule has 1 saturated carbocycles. The fourth-order valence-corrected chi connectivity index (χ4v) is 3.45. The minimum atomic E-state index is 0.381. The SMILES string of the molecule is CC(C)(C)N1C[C@H]2CN(CC3CC3)C[C@H]2C1. The van der Waals surface area contributed by atoms with Crippen LogP contribution in [0.2, 0.25) is 0 Å². The summed E-state index contributed by atoms with van der Waals surface area (Å²) in [5.41, 5.74) is 0.381. The van der Waals surface area contributed by atoms with Crippen molar-refractivity contribution in [2.45, 2.75) is 39.2 Å². The third-order valence-corrected chi connectivity index (χ3v) is 4.72. The van der Waals surface area contributed by atoms with E-state index in [9.17, 15) is 0 Å². The van der Waals surface area contributed by atoms with Gasteiger partial charge < -0.3 is 4.90 Å². The van der Waals surface area contributed by atoms with Crippen LogP contribution in [0, 0.1) is 17.8 Å². The summed E-state index contributed by atoms with van der Waals surface area (Å²) < 4.78 is 0. The molecule has 0 aromatic rings. The molecular weight excluding hydrogens is 196 g/mol. The zero-order chi connectivity index (χ0) is 11.3. The van der Waals surface area contributed by atoms with E-state index in [1.54, 1.807) is 0 Å². The first kappa shape index (κ1) is 11.0. The molecule has 2 heteroatoms. The van der Waals surface area contributed by atoms with E-state index in [0.717, 1.165) is 17.8 Å². The highest BCUT2D eigenvalue weighted by molar-refractivity contribution is 4.97. The maximum atomic E-state index is 2.74. The zero-order valence-corrected chi connectivity index (χ0v) is 11.1. The molecule has 3 rings (SSSR count). The Morgan fingerprint density at radius 3 is 1.94 bits per heavy atom. The number of fused-ring (bicyclic) bond motifs is 1. The molecule has 0 spiro atoms. The Labute approximate surface area is 100.0 Å². The Bertz CT molecular complexity index is 250. The molecule has 2 aliphatic heterocycles. The Morgan fingerprint density at radius 2 is 1.50 bits per heavy atom. The van der Waals surface area contributed by atoms with Gasteiger partial charge in [0.2, 0.25) is 0 Å². The molecule has 0 aromatic heterocycles. The molecule has 2 heterocycles. The molecule has 16 heavy (non-hydrogen) atoms. The lowest BCUT2D eigenvalue weighted by Crippen LogP contribution is -2.41. The van der Waals surface area contributed by atoms with Crippen molar-refractivity contribution in [1.29, 1.82) is 0 Å². The second-order valence-corrected chi connectivity index (χ2v) is 7.26. The topological polar surface area (TPSA) is 6.48 Å². The van der Waals surface area contributed by atoms with Gasteiger partial charge in [-0.1, -0.05) is 0 Å². The van der Waals surface area contributed by atoms with Gasteiger partial charge in [-0.2, -0.15) is 0 Å². The first-order chi connectivity index (χ1) is 7.52. The Balaban J connectivity index is 1.54. The van der Waals surface area contributed by atoms with E-state index in [-0.39, 0.29) is 0 Å². The highest BCUT2D eigenvalue weighted by atomic mass is 15.3. The van der Waals surface area contributed by atoms with Crippen LogP contribution in [0.15, 0.2) is 0 Å². The molecule has 0 amide bonds. The number of hydrogen-bond acceptors (Lipinski definition) is 2. The van der Waals surface area contributed by atoms with Crippen molar-refractivity contribution in [3.05, 3.63) is 0 Å². The zero-order valence-electron chi connectivity index (χ0n) is 11.1. The van der Waals surface area contributed by atoms with Crippen molar-refractivity contribution >= 4 is 0 Å². The van der Waals surface area contributed by atoms with E-state index >= 15 is 0 Å². The highest BCUT2D eigenvalue weighted by Crippen LogP contribution is 2.37. The molecule has 3 aliphatic rings. The van der Waals surface area contributed by atoms with Crippen LogP contribution in [0.25, 0.3) is 0 Å². The van der Waals surface area contributed by atoms with Gasteiger partial charge in [0.15, 0.2) is 0 Å². The van der Waals surface area contributed by atoms with Crippen molar-refractivity contribution in [2.24, 2.45) is 17.8 Å². The third kappa shape index (κ3) is 2.14. The van der Waals surface area contributed by atoms with Crippen LogP contribution < -0.4 is 0 Å². The molecule has 1 aliphatic carbocycles. The van der Waals surface area contributed by atoms with Gasteiger partial charge >= 0.3 is 0 Å². The summed E-state index contributed by atoms with van der Waals surface area (Å²) in [6.07, 6.45) is 3.00. The van der Waals surface area contributed by atoms with E-state index in [4.69, 9.17) is 0 Å². The Kier molecular flexibility index (Phi) is 2.56. The standard InChI is InChI=1S/C14H26N2/c1-14(2,3)16-9-12-7-15(6-11-4-5-11)8-13(12)10-16/h11-13H,4-10H2,1-3H3/t12-,13+. The molecule has 3 fully saturated rings. The summed E-state index contributed by atoms with van der Waals surface area (Å²) in [4.78, 5) is 5.43. The van der Waals surface area contributed by atoms with E-state index in [1.165, 1.54) is 45.6 Å². The van der Waals surface area contributed by atoms with E-state index < -0.39 is 0 Å². The number of hydrogen-bond donors (Lipinski definition) is 0. The molecule has 2 saturated heterocycles. The number of nitrogens with zero attached hydrogens (tertiary/aromatic N) is 2. The fourth-order valence-electron chi connectivity index (χ4n) is 3.45. The molecule has 0 radical (unpaired) electrons. The normalized spacial score (nSPS) is 36.9. The first-order valence-electron chi connectivity index (χ1n) is 7.00. The summed E-state index contributed by atoms with van der Waals surface area (Å²) in [5, 5.41) is 0. The summed E-state index contributed by atoms with van der Waals surface area (Å²) in [7, 11) is 0. The lowest BCUT2D eigenvalue weighted by Gasteiger charge is -2.33. The largest absolute Gasteiger partial charge is 0.302 e. The summed E-state index contributed by atoms with van der Waals surface area (Å²) in [6, 6.07) is 0. The van der Waals surface area contributed by atoms with Gasteiger partial charge in [0.05, 0.1) is 0 Å². The predicted octanol–water partition coefficient (Wildman–Crippen LogP) is 2.06. The maximum Gasteiger partial charge on any atom is 0.0125 e.